The SMILES string of the molecule is Cc1cc(C(C)Nc2ccccc2C(=O)O)c2oc(-c3c[nH]c4ccccc34)c(C)c(=O)c2c1. The molecule has 5 rings (SSSR count). The van der Waals surface area contributed by atoms with Crippen LogP contribution in [0.5, 0.6) is 0 Å². The number of para-hydroxylation sites is 2. The summed E-state index contributed by atoms with van der Waals surface area (Å²) >= 11 is 0. The predicted molar refractivity (Wildman–Crippen MR) is 135 cm³/mol. The number of anilines is 1. The number of aromatic nitrogens is 1. The minimum atomic E-state index is -1.01. The predicted octanol–water partition coefficient (Wildman–Crippen LogP) is 6.43. The van der Waals surface area contributed by atoms with Crippen molar-refractivity contribution >= 4 is 33.5 Å². The third-order valence-electron chi connectivity index (χ3n) is 6.22. The molecular weight excluding hydrogens is 428 g/mol. The summed E-state index contributed by atoms with van der Waals surface area (Å²) in [5.74, 6) is -0.480. The van der Waals surface area contributed by atoms with Crippen LogP contribution in [0.25, 0.3) is 33.2 Å². The number of aromatic amines is 1. The topological polar surface area (TPSA) is 95.3 Å². The molecule has 34 heavy (non-hydrogen) atoms. The Morgan fingerprint density at radius 1 is 1.03 bits per heavy atom. The molecule has 0 amide bonds. The third-order valence-corrected chi connectivity index (χ3v) is 6.22. The molecule has 0 saturated carbocycles. The summed E-state index contributed by atoms with van der Waals surface area (Å²) in [7, 11) is 0. The van der Waals surface area contributed by atoms with Crippen LogP contribution in [-0.4, -0.2) is 16.1 Å². The first-order valence-corrected chi connectivity index (χ1v) is 11.1. The maximum absolute atomic E-state index is 13.4. The number of carbonyl (C=O) groups is 1. The first-order chi connectivity index (χ1) is 16.3. The minimum absolute atomic E-state index is 0.0791. The Hall–Kier alpha value is -4.32. The quantitative estimate of drug-likeness (QED) is 0.286. The van der Waals surface area contributed by atoms with Crippen molar-refractivity contribution in [2.45, 2.75) is 26.8 Å². The van der Waals surface area contributed by atoms with Crippen LogP contribution in [0.2, 0.25) is 0 Å². The number of aromatic carboxylic acids is 1. The van der Waals surface area contributed by atoms with Crippen LogP contribution in [0, 0.1) is 13.8 Å². The molecule has 0 fully saturated rings. The van der Waals surface area contributed by atoms with E-state index < -0.39 is 5.97 Å². The number of carboxylic acids is 1. The first-order valence-electron chi connectivity index (χ1n) is 11.1. The standard InChI is InChI=1S/C28H24N2O4/c1-15-12-20(17(3)30-24-11-7-5-9-19(24)28(32)33)27-21(13-15)25(31)16(2)26(34-27)22-14-29-23-10-6-4-8-18(22)23/h4-14,17,29-30H,1-3H3,(H,32,33). The van der Waals surface area contributed by atoms with Crippen LogP contribution in [0.3, 0.4) is 0 Å². The zero-order valence-electron chi connectivity index (χ0n) is 19.1. The number of nitrogens with one attached hydrogen (secondary N) is 2. The highest BCUT2D eigenvalue weighted by molar-refractivity contribution is 5.96. The van der Waals surface area contributed by atoms with E-state index in [0.717, 1.165) is 27.6 Å². The highest BCUT2D eigenvalue weighted by Gasteiger charge is 2.21. The van der Waals surface area contributed by atoms with Crippen molar-refractivity contribution in [2.24, 2.45) is 0 Å². The monoisotopic (exact) mass is 452 g/mol. The number of benzene rings is 3. The molecule has 6 nitrogen and oxygen atoms in total. The molecule has 170 valence electrons. The lowest BCUT2D eigenvalue weighted by molar-refractivity contribution is 0.0698. The van der Waals surface area contributed by atoms with Gasteiger partial charge in [0.05, 0.1) is 17.0 Å². The molecule has 3 aromatic carbocycles. The lowest BCUT2D eigenvalue weighted by Crippen LogP contribution is -2.14. The summed E-state index contributed by atoms with van der Waals surface area (Å²) in [6.07, 6.45) is 1.86. The van der Waals surface area contributed by atoms with E-state index in [1.54, 1.807) is 31.2 Å². The van der Waals surface area contributed by atoms with Crippen molar-refractivity contribution in [2.75, 3.05) is 5.32 Å². The average Bonchev–Trinajstić information content (AvgIpc) is 3.25. The van der Waals surface area contributed by atoms with Crippen LogP contribution >= 0.6 is 0 Å². The largest absolute Gasteiger partial charge is 0.478 e. The number of rotatable bonds is 5. The molecular formula is C28H24N2O4. The Morgan fingerprint density at radius 2 is 1.76 bits per heavy atom. The van der Waals surface area contributed by atoms with Crippen LogP contribution in [0.4, 0.5) is 5.69 Å². The van der Waals surface area contributed by atoms with Crippen molar-refractivity contribution in [1.82, 2.24) is 4.98 Å². The van der Waals surface area contributed by atoms with Gasteiger partial charge in [0.2, 0.25) is 0 Å². The van der Waals surface area contributed by atoms with Crippen LogP contribution in [-0.2, 0) is 0 Å². The van der Waals surface area contributed by atoms with Gasteiger partial charge in [0.25, 0.3) is 0 Å². The second-order valence-electron chi connectivity index (χ2n) is 8.58. The fourth-order valence-corrected chi connectivity index (χ4v) is 4.51. The van der Waals surface area contributed by atoms with E-state index in [4.69, 9.17) is 4.42 Å². The van der Waals surface area contributed by atoms with Gasteiger partial charge in [-0.25, -0.2) is 4.79 Å². The summed E-state index contributed by atoms with van der Waals surface area (Å²) in [5, 5.41) is 14.3. The zero-order valence-corrected chi connectivity index (χ0v) is 19.1. The van der Waals surface area contributed by atoms with E-state index in [2.05, 4.69) is 10.3 Å². The van der Waals surface area contributed by atoms with E-state index in [-0.39, 0.29) is 17.0 Å². The molecule has 0 aliphatic heterocycles. The van der Waals surface area contributed by atoms with Gasteiger partial charge in [-0.2, -0.15) is 0 Å². The van der Waals surface area contributed by atoms with Gasteiger partial charge in [-0.3, -0.25) is 4.79 Å². The van der Waals surface area contributed by atoms with E-state index in [1.165, 1.54) is 0 Å². The van der Waals surface area contributed by atoms with Gasteiger partial charge in [0.15, 0.2) is 5.43 Å². The summed E-state index contributed by atoms with van der Waals surface area (Å²) in [4.78, 5) is 28.4. The van der Waals surface area contributed by atoms with Crippen LogP contribution < -0.4 is 10.7 Å². The van der Waals surface area contributed by atoms with Gasteiger partial charge in [-0.15, -0.1) is 0 Å². The molecule has 0 spiro atoms. The maximum Gasteiger partial charge on any atom is 0.337 e. The van der Waals surface area contributed by atoms with Crippen LogP contribution in [0.1, 0.15) is 40.0 Å². The molecule has 2 heterocycles. The second kappa shape index (κ2) is 8.23. The number of aryl methyl sites for hydroxylation is 1. The number of fused-ring (bicyclic) bond motifs is 2. The number of hydrogen-bond acceptors (Lipinski definition) is 4. The molecule has 0 aliphatic rings. The molecule has 0 bridgehead atoms. The molecule has 0 radical (unpaired) electrons. The Morgan fingerprint density at radius 3 is 2.56 bits per heavy atom. The lowest BCUT2D eigenvalue weighted by Gasteiger charge is -2.19. The van der Waals surface area contributed by atoms with E-state index in [9.17, 15) is 14.7 Å². The van der Waals surface area contributed by atoms with Crippen molar-refractivity contribution in [3.05, 3.63) is 99.3 Å². The van der Waals surface area contributed by atoms with E-state index in [0.29, 0.717) is 28.0 Å². The summed E-state index contributed by atoms with van der Waals surface area (Å²) in [6.45, 7) is 5.65. The number of H-pyrrole nitrogens is 1. The van der Waals surface area contributed by atoms with Crippen molar-refractivity contribution in [3.63, 3.8) is 0 Å². The molecule has 1 atom stereocenters. The fraction of sp³-hybridized carbons (Fsp3) is 0.143. The molecule has 0 aliphatic carbocycles. The number of hydrogen-bond donors (Lipinski definition) is 3. The molecule has 2 aromatic heterocycles. The molecule has 0 saturated heterocycles. The first kappa shape index (κ1) is 21.5. The Kier molecular flexibility index (Phi) is 5.21. The highest BCUT2D eigenvalue weighted by atomic mass is 16.4. The van der Waals surface area contributed by atoms with Crippen LogP contribution in [0.15, 0.2) is 76.1 Å². The molecule has 1 unspecified atom stereocenters. The third kappa shape index (κ3) is 3.53. The fourth-order valence-electron chi connectivity index (χ4n) is 4.51. The second-order valence-corrected chi connectivity index (χ2v) is 8.58. The Bertz CT molecular complexity index is 1630. The van der Waals surface area contributed by atoms with E-state index >= 15 is 0 Å². The molecule has 3 N–H and O–H groups in total. The lowest BCUT2D eigenvalue weighted by atomic mass is 9.98. The van der Waals surface area contributed by atoms with Gasteiger partial charge in [0.1, 0.15) is 11.3 Å². The summed E-state index contributed by atoms with van der Waals surface area (Å²) in [6, 6.07) is 18.1. The highest BCUT2D eigenvalue weighted by Crippen LogP contribution is 2.35. The Labute approximate surface area is 195 Å². The average molecular weight is 453 g/mol. The zero-order chi connectivity index (χ0) is 24.0. The van der Waals surface area contributed by atoms with Gasteiger partial charge >= 0.3 is 5.97 Å². The minimum Gasteiger partial charge on any atom is -0.478 e. The van der Waals surface area contributed by atoms with Crippen molar-refractivity contribution in [3.8, 4) is 11.3 Å². The van der Waals surface area contributed by atoms with E-state index in [1.807, 2.05) is 56.4 Å². The Balaban J connectivity index is 1.70. The van der Waals surface area contributed by atoms with Gasteiger partial charge in [-0.05, 0) is 50.6 Å². The van der Waals surface area contributed by atoms with Gasteiger partial charge in [0, 0.05) is 39.5 Å². The molecule has 5 aromatic rings. The smallest absolute Gasteiger partial charge is 0.337 e. The maximum atomic E-state index is 13.4. The normalized spacial score (nSPS) is 12.2. The number of carboxylic acid groups (broad SMARTS) is 1. The van der Waals surface area contributed by atoms with Crippen molar-refractivity contribution < 1.29 is 14.3 Å². The summed E-state index contributed by atoms with van der Waals surface area (Å²) in [5.41, 5.74) is 5.15. The summed E-state index contributed by atoms with van der Waals surface area (Å²) < 4.78 is 6.47. The van der Waals surface area contributed by atoms with Crippen molar-refractivity contribution in [1.29, 1.82) is 0 Å². The van der Waals surface area contributed by atoms with Gasteiger partial charge in [-0.1, -0.05) is 36.4 Å². The van der Waals surface area contributed by atoms with Gasteiger partial charge < -0.3 is 19.8 Å². The molecule has 6 heteroatoms.